The number of hydrogen-bond donors (Lipinski definition) is 0. The Bertz CT molecular complexity index is 1290. The molecule has 3 aromatic carbocycles. The van der Waals surface area contributed by atoms with E-state index in [4.69, 9.17) is 14.2 Å². The van der Waals surface area contributed by atoms with Crippen molar-refractivity contribution in [3.05, 3.63) is 101 Å². The van der Waals surface area contributed by atoms with Crippen LogP contribution in [0.2, 0.25) is 0 Å². The zero-order valence-electron chi connectivity index (χ0n) is 20.2. The third kappa shape index (κ3) is 4.16. The molecule has 6 rings (SSSR count). The fourth-order valence-electron chi connectivity index (χ4n) is 5.87. The summed E-state index contributed by atoms with van der Waals surface area (Å²) >= 11 is 0. The van der Waals surface area contributed by atoms with Gasteiger partial charge in [0.2, 0.25) is 0 Å². The van der Waals surface area contributed by atoms with Gasteiger partial charge >= 0.3 is 6.09 Å². The zero-order valence-corrected chi connectivity index (χ0v) is 20.2. The van der Waals surface area contributed by atoms with Crippen LogP contribution in [-0.2, 0) is 15.9 Å². The Morgan fingerprint density at radius 2 is 1.75 bits per heavy atom. The highest BCUT2D eigenvalue weighted by Gasteiger charge is 2.39. The molecule has 1 aliphatic carbocycles. The molecule has 0 aromatic heterocycles. The van der Waals surface area contributed by atoms with Gasteiger partial charge in [-0.25, -0.2) is 9.18 Å². The Morgan fingerprint density at radius 3 is 2.44 bits per heavy atom. The van der Waals surface area contributed by atoms with Gasteiger partial charge < -0.3 is 14.2 Å². The second-order valence-electron chi connectivity index (χ2n) is 9.68. The summed E-state index contributed by atoms with van der Waals surface area (Å²) in [6, 6.07) is 21.1. The number of carbonyl (C=O) groups is 1. The van der Waals surface area contributed by atoms with Crippen molar-refractivity contribution < 1.29 is 23.4 Å². The van der Waals surface area contributed by atoms with E-state index in [1.165, 1.54) is 47.1 Å². The van der Waals surface area contributed by atoms with Crippen molar-refractivity contribution in [2.45, 2.75) is 30.8 Å². The van der Waals surface area contributed by atoms with E-state index in [-0.39, 0.29) is 29.9 Å². The molecule has 3 aliphatic rings. The number of nitrogens with zero attached hydrogens (tertiary/aromatic N) is 1. The molecule has 2 heterocycles. The lowest BCUT2D eigenvalue weighted by molar-refractivity contribution is -0.0363. The van der Waals surface area contributed by atoms with Crippen molar-refractivity contribution in [2.24, 2.45) is 0 Å². The Labute approximate surface area is 210 Å². The van der Waals surface area contributed by atoms with E-state index in [1.807, 2.05) is 35.2 Å². The van der Waals surface area contributed by atoms with Crippen molar-refractivity contribution in [2.75, 3.05) is 26.9 Å². The fraction of sp³-hybridized carbons (Fsp3) is 0.300. The maximum atomic E-state index is 14.0. The first-order valence-electron chi connectivity index (χ1n) is 12.3. The second kappa shape index (κ2) is 9.43. The highest BCUT2D eigenvalue weighted by Crippen LogP contribution is 2.44. The minimum atomic E-state index is -0.315. The van der Waals surface area contributed by atoms with E-state index in [2.05, 4.69) is 30.3 Å². The number of halogens is 1. The number of benzene rings is 3. The normalized spacial score (nSPS) is 20.4. The van der Waals surface area contributed by atoms with Crippen LogP contribution in [0.4, 0.5) is 9.18 Å². The monoisotopic (exact) mass is 485 g/mol. The van der Waals surface area contributed by atoms with Gasteiger partial charge in [-0.1, -0.05) is 60.2 Å². The van der Waals surface area contributed by atoms with Crippen molar-refractivity contribution >= 4 is 6.09 Å². The van der Waals surface area contributed by atoms with Gasteiger partial charge in [0.15, 0.2) is 0 Å². The number of rotatable bonds is 5. The van der Waals surface area contributed by atoms with E-state index < -0.39 is 0 Å². The molecule has 2 bridgehead atoms. The van der Waals surface area contributed by atoms with Gasteiger partial charge in [-0.3, -0.25) is 4.90 Å². The summed E-state index contributed by atoms with van der Waals surface area (Å²) in [6.45, 7) is 1.19. The maximum absolute atomic E-state index is 14.0. The van der Waals surface area contributed by atoms with Crippen LogP contribution >= 0.6 is 0 Å². The van der Waals surface area contributed by atoms with Crippen LogP contribution in [0, 0.1) is 5.82 Å². The number of ether oxygens (including phenoxy) is 3. The molecule has 184 valence electrons. The molecule has 2 aliphatic heterocycles. The molecular weight excluding hydrogens is 457 g/mol. The second-order valence-corrected chi connectivity index (χ2v) is 9.68. The van der Waals surface area contributed by atoms with Crippen LogP contribution in [0.25, 0.3) is 11.1 Å². The molecule has 5 nitrogen and oxygen atoms in total. The number of fused-ring (bicyclic) bond motifs is 5. The molecule has 0 radical (unpaired) electrons. The standard InChI is InChI=1S/C30H28FNO4/c1-34-24-14-19(11-21(31)15-24)10-20-12-22-16-35-17-23(13-20)32(22)30(33)36-18-29-27-8-4-2-6-25(27)26-7-3-5-9-28(26)29/h2-9,11-12,14-15,22-23,29H,10,13,16-18H2,1H3. The largest absolute Gasteiger partial charge is 0.497 e. The third-order valence-electron chi connectivity index (χ3n) is 7.42. The first-order chi connectivity index (χ1) is 17.6. The van der Waals surface area contributed by atoms with E-state index in [0.717, 1.165) is 5.56 Å². The first kappa shape index (κ1) is 22.8. The molecule has 36 heavy (non-hydrogen) atoms. The quantitative estimate of drug-likeness (QED) is 0.434. The molecule has 0 N–H and O–H groups in total. The zero-order chi connectivity index (χ0) is 24.6. The van der Waals surface area contributed by atoms with E-state index in [0.29, 0.717) is 38.4 Å². The minimum absolute atomic E-state index is 0.0243. The Balaban J connectivity index is 1.18. The van der Waals surface area contributed by atoms with E-state index in [1.54, 1.807) is 0 Å². The average Bonchev–Trinajstić information content (AvgIpc) is 3.20. The van der Waals surface area contributed by atoms with Crippen molar-refractivity contribution in [1.82, 2.24) is 4.90 Å². The minimum Gasteiger partial charge on any atom is -0.497 e. The molecule has 3 aromatic rings. The molecule has 0 spiro atoms. The summed E-state index contributed by atoms with van der Waals surface area (Å²) in [5.41, 5.74) is 6.83. The fourth-order valence-corrected chi connectivity index (χ4v) is 5.87. The molecule has 2 atom stereocenters. The lowest BCUT2D eigenvalue weighted by atomic mass is 9.90. The molecule has 1 amide bonds. The summed E-state index contributed by atoms with van der Waals surface area (Å²) < 4.78 is 30.9. The van der Waals surface area contributed by atoms with Gasteiger partial charge in [0, 0.05) is 12.0 Å². The van der Waals surface area contributed by atoms with Crippen LogP contribution in [0.5, 0.6) is 5.75 Å². The molecule has 2 unspecified atom stereocenters. The lowest BCUT2D eigenvalue weighted by Crippen LogP contribution is -2.56. The van der Waals surface area contributed by atoms with Gasteiger partial charge in [0.1, 0.15) is 18.2 Å². The van der Waals surface area contributed by atoms with Crippen LogP contribution in [-0.4, -0.2) is 50.0 Å². The predicted octanol–water partition coefficient (Wildman–Crippen LogP) is 5.73. The summed E-state index contributed by atoms with van der Waals surface area (Å²) in [4.78, 5) is 15.2. The predicted molar refractivity (Wildman–Crippen MR) is 135 cm³/mol. The summed E-state index contributed by atoms with van der Waals surface area (Å²) in [7, 11) is 1.53. The lowest BCUT2D eigenvalue weighted by Gasteiger charge is -2.44. The number of morpholine rings is 1. The topological polar surface area (TPSA) is 48.0 Å². The van der Waals surface area contributed by atoms with Crippen molar-refractivity contribution in [3.8, 4) is 16.9 Å². The van der Waals surface area contributed by atoms with Gasteiger partial charge in [0.05, 0.1) is 32.4 Å². The Kier molecular flexibility index (Phi) is 5.97. The Morgan fingerprint density at radius 1 is 1.03 bits per heavy atom. The van der Waals surface area contributed by atoms with Crippen LogP contribution < -0.4 is 4.74 Å². The highest BCUT2D eigenvalue weighted by atomic mass is 19.1. The Hall–Kier alpha value is -3.64. The number of amides is 1. The summed E-state index contributed by atoms with van der Waals surface area (Å²) in [6.07, 6.45) is 3.05. The van der Waals surface area contributed by atoms with Crippen molar-refractivity contribution in [3.63, 3.8) is 0 Å². The smallest absolute Gasteiger partial charge is 0.410 e. The van der Waals surface area contributed by atoms with Crippen LogP contribution in [0.1, 0.15) is 29.0 Å². The van der Waals surface area contributed by atoms with E-state index >= 15 is 0 Å². The molecule has 6 heteroatoms. The van der Waals surface area contributed by atoms with Crippen LogP contribution in [0.3, 0.4) is 0 Å². The molecular formula is C30H28FNO4. The van der Waals surface area contributed by atoms with Gasteiger partial charge in [-0.2, -0.15) is 0 Å². The first-order valence-corrected chi connectivity index (χ1v) is 12.3. The average molecular weight is 486 g/mol. The third-order valence-corrected chi connectivity index (χ3v) is 7.42. The van der Waals surface area contributed by atoms with Crippen LogP contribution in [0.15, 0.2) is 78.4 Å². The number of methoxy groups -OCH3 is 1. The van der Waals surface area contributed by atoms with Gasteiger partial charge in [-0.05, 0) is 52.8 Å². The maximum Gasteiger partial charge on any atom is 0.410 e. The molecule has 1 fully saturated rings. The summed E-state index contributed by atoms with van der Waals surface area (Å²) in [5.74, 6) is 0.214. The van der Waals surface area contributed by atoms with Gasteiger partial charge in [-0.15, -0.1) is 0 Å². The molecule has 0 saturated carbocycles. The summed E-state index contributed by atoms with van der Waals surface area (Å²) in [5, 5.41) is 0. The highest BCUT2D eigenvalue weighted by molar-refractivity contribution is 5.79. The van der Waals surface area contributed by atoms with E-state index in [9.17, 15) is 9.18 Å². The van der Waals surface area contributed by atoms with Gasteiger partial charge in [0.25, 0.3) is 0 Å². The molecule has 1 saturated heterocycles. The van der Waals surface area contributed by atoms with Crippen molar-refractivity contribution in [1.29, 1.82) is 0 Å². The number of carbonyl (C=O) groups excluding carboxylic acids is 1. The number of hydrogen-bond acceptors (Lipinski definition) is 4. The SMILES string of the molecule is COc1cc(F)cc(CC2=CC3COCC(C2)N3C(=O)OCC2c3ccccc3-c3ccccc32)c1.